The van der Waals surface area contributed by atoms with E-state index in [1.165, 1.54) is 212 Å². The Balaban J connectivity index is 3.50. The summed E-state index contributed by atoms with van der Waals surface area (Å²) in [5.41, 5.74) is 0. The van der Waals surface area contributed by atoms with E-state index >= 15 is 0 Å². The number of aliphatic hydroxyl groups is 2. The van der Waals surface area contributed by atoms with E-state index in [9.17, 15) is 19.8 Å². The lowest BCUT2D eigenvalue weighted by Gasteiger charge is -2.20. The van der Waals surface area contributed by atoms with Gasteiger partial charge in [0.05, 0.1) is 25.4 Å². The summed E-state index contributed by atoms with van der Waals surface area (Å²) in [4.78, 5) is 24.5. The number of unbranched alkanes of at least 4 members (excludes halogenated alkanes) is 41. The molecule has 0 bridgehead atoms. The van der Waals surface area contributed by atoms with Crippen molar-refractivity contribution in [2.24, 2.45) is 0 Å². The fourth-order valence-corrected chi connectivity index (χ4v) is 8.98. The number of ether oxygens (including phenoxy) is 1. The molecule has 2 atom stereocenters. The number of hydrogen-bond donors (Lipinski definition) is 3. The molecule has 0 spiro atoms. The molecule has 0 aromatic heterocycles. The molecule has 0 aromatic rings. The molecule has 65 heavy (non-hydrogen) atoms. The van der Waals surface area contributed by atoms with E-state index in [1.54, 1.807) is 6.08 Å². The first-order valence-corrected chi connectivity index (χ1v) is 29.1. The van der Waals surface area contributed by atoms with E-state index in [1.807, 2.05) is 6.08 Å². The van der Waals surface area contributed by atoms with Crippen molar-refractivity contribution in [2.75, 3.05) is 13.2 Å². The molecule has 3 N–H and O–H groups in total. The van der Waals surface area contributed by atoms with Gasteiger partial charge in [0.2, 0.25) is 5.91 Å². The molecule has 6 nitrogen and oxygen atoms in total. The van der Waals surface area contributed by atoms with Crippen LogP contribution in [0.2, 0.25) is 0 Å². The topological polar surface area (TPSA) is 95.9 Å². The number of hydrogen-bond acceptors (Lipinski definition) is 5. The highest BCUT2D eigenvalue weighted by atomic mass is 16.5. The van der Waals surface area contributed by atoms with Gasteiger partial charge in [-0.15, -0.1) is 0 Å². The van der Waals surface area contributed by atoms with E-state index in [-0.39, 0.29) is 18.5 Å². The molecular weight excluding hydrogens is 803 g/mol. The fraction of sp³-hybridized carbons (Fsp3) is 0.898. The fourth-order valence-electron chi connectivity index (χ4n) is 8.98. The molecule has 0 saturated heterocycles. The van der Waals surface area contributed by atoms with Gasteiger partial charge in [-0.1, -0.05) is 263 Å². The van der Waals surface area contributed by atoms with Crippen LogP contribution in [0.15, 0.2) is 24.3 Å². The van der Waals surface area contributed by atoms with Gasteiger partial charge in [0.15, 0.2) is 0 Å². The van der Waals surface area contributed by atoms with Crippen molar-refractivity contribution in [3.8, 4) is 0 Å². The van der Waals surface area contributed by atoms with Crippen molar-refractivity contribution < 1.29 is 24.5 Å². The molecule has 0 aromatic carbocycles. The molecule has 2 unspecified atom stereocenters. The molecule has 0 heterocycles. The molecule has 0 aliphatic rings. The quantitative estimate of drug-likeness (QED) is 0.0321. The lowest BCUT2D eigenvalue weighted by atomic mass is 10.0. The van der Waals surface area contributed by atoms with Crippen LogP contribution in [0.5, 0.6) is 0 Å². The second-order valence-electron chi connectivity index (χ2n) is 20.0. The maximum atomic E-state index is 12.5. The van der Waals surface area contributed by atoms with Crippen LogP contribution in [0.1, 0.15) is 316 Å². The number of amides is 1. The number of carbonyl (C=O) groups is 2. The number of aliphatic hydroxyl groups excluding tert-OH is 2. The highest BCUT2D eigenvalue weighted by molar-refractivity contribution is 5.76. The highest BCUT2D eigenvalue weighted by Gasteiger charge is 2.18. The summed E-state index contributed by atoms with van der Waals surface area (Å²) in [6.45, 7) is 4.87. The van der Waals surface area contributed by atoms with Crippen LogP contribution in [-0.2, 0) is 14.3 Å². The molecular formula is C59H113NO5. The van der Waals surface area contributed by atoms with Gasteiger partial charge in [0.25, 0.3) is 0 Å². The molecule has 0 rings (SSSR count). The van der Waals surface area contributed by atoms with E-state index in [0.717, 1.165) is 77.0 Å². The molecule has 0 radical (unpaired) electrons. The smallest absolute Gasteiger partial charge is 0.305 e. The lowest BCUT2D eigenvalue weighted by Crippen LogP contribution is -2.45. The minimum absolute atomic E-state index is 0.0193. The summed E-state index contributed by atoms with van der Waals surface area (Å²) < 4.78 is 5.47. The molecule has 0 saturated carbocycles. The van der Waals surface area contributed by atoms with Crippen molar-refractivity contribution in [2.45, 2.75) is 328 Å². The number of rotatable bonds is 54. The summed E-state index contributed by atoms with van der Waals surface area (Å²) in [5.74, 6) is -0.111. The Morgan fingerprint density at radius 3 is 1.09 bits per heavy atom. The van der Waals surface area contributed by atoms with Gasteiger partial charge in [-0.2, -0.15) is 0 Å². The third kappa shape index (κ3) is 51.6. The Labute approximate surface area is 405 Å². The molecule has 6 heteroatoms. The van der Waals surface area contributed by atoms with Gasteiger partial charge in [-0.3, -0.25) is 9.59 Å². The zero-order chi connectivity index (χ0) is 47.2. The monoisotopic (exact) mass is 916 g/mol. The van der Waals surface area contributed by atoms with Crippen molar-refractivity contribution in [3.05, 3.63) is 24.3 Å². The molecule has 0 aliphatic heterocycles. The van der Waals surface area contributed by atoms with Crippen LogP contribution in [-0.4, -0.2) is 47.4 Å². The van der Waals surface area contributed by atoms with Gasteiger partial charge in [0, 0.05) is 12.8 Å². The Morgan fingerprint density at radius 1 is 0.415 bits per heavy atom. The predicted octanol–water partition coefficient (Wildman–Crippen LogP) is 17.9. The SMILES string of the molecule is CCCCCCCCCCCCCCCCC/C=C/C(O)C(CO)NC(=O)CCCCCCC/C=C\CCCCCOC(=O)CCCCCCCCCCCCCCCCCCCCC. The molecule has 0 aliphatic carbocycles. The number of nitrogens with one attached hydrogen (secondary N) is 1. The van der Waals surface area contributed by atoms with Crippen molar-refractivity contribution in [1.82, 2.24) is 5.32 Å². The van der Waals surface area contributed by atoms with Crippen LogP contribution >= 0.6 is 0 Å². The highest BCUT2D eigenvalue weighted by Crippen LogP contribution is 2.17. The molecule has 1 amide bonds. The summed E-state index contributed by atoms with van der Waals surface area (Å²) in [6, 6.07) is -0.646. The van der Waals surface area contributed by atoms with Gasteiger partial charge in [-0.05, 0) is 64.2 Å². The minimum Gasteiger partial charge on any atom is -0.466 e. The van der Waals surface area contributed by atoms with Gasteiger partial charge >= 0.3 is 5.97 Å². The predicted molar refractivity (Wildman–Crippen MR) is 283 cm³/mol. The normalized spacial score (nSPS) is 12.7. The number of allylic oxidation sites excluding steroid dienone is 3. The van der Waals surface area contributed by atoms with Crippen LogP contribution in [0.4, 0.5) is 0 Å². The van der Waals surface area contributed by atoms with Crippen molar-refractivity contribution in [3.63, 3.8) is 0 Å². The third-order valence-electron chi connectivity index (χ3n) is 13.5. The van der Waals surface area contributed by atoms with Crippen LogP contribution in [0, 0.1) is 0 Å². The van der Waals surface area contributed by atoms with E-state index in [4.69, 9.17) is 4.74 Å². The summed E-state index contributed by atoms with van der Waals surface area (Å²) in [6.07, 6.45) is 66.3. The van der Waals surface area contributed by atoms with Gasteiger partial charge < -0.3 is 20.3 Å². The van der Waals surface area contributed by atoms with Crippen molar-refractivity contribution >= 4 is 11.9 Å². The summed E-state index contributed by atoms with van der Waals surface area (Å²) >= 11 is 0. The zero-order valence-corrected chi connectivity index (χ0v) is 43.7. The maximum Gasteiger partial charge on any atom is 0.305 e. The second-order valence-corrected chi connectivity index (χ2v) is 20.0. The first-order valence-electron chi connectivity index (χ1n) is 29.1. The first-order chi connectivity index (χ1) is 32.0. The lowest BCUT2D eigenvalue weighted by molar-refractivity contribution is -0.143. The number of esters is 1. The van der Waals surface area contributed by atoms with E-state index < -0.39 is 12.1 Å². The summed E-state index contributed by atoms with van der Waals surface area (Å²) in [5, 5.41) is 23.1. The standard InChI is InChI=1S/C59H113NO5/c1-3-5-7-9-11-13-15-17-19-21-22-24-26-28-33-37-41-45-49-53-59(64)65-54-50-46-42-38-34-30-29-32-36-40-44-48-52-58(63)60-56(55-61)57(62)51-47-43-39-35-31-27-25-23-20-18-16-14-12-10-8-6-4-2/h30,34,47,51,56-57,61-62H,3-29,31-33,35-46,48-50,52-55H2,1-2H3,(H,60,63)/b34-30-,51-47+. The van der Waals surface area contributed by atoms with Crippen LogP contribution in [0.25, 0.3) is 0 Å². The molecule has 384 valence electrons. The van der Waals surface area contributed by atoms with Gasteiger partial charge in [-0.25, -0.2) is 0 Å². The second kappa shape index (κ2) is 54.9. The number of carbonyl (C=O) groups excluding carboxylic acids is 2. The minimum atomic E-state index is -0.860. The van der Waals surface area contributed by atoms with E-state index in [0.29, 0.717) is 19.4 Å². The molecule has 0 fully saturated rings. The van der Waals surface area contributed by atoms with Gasteiger partial charge in [0.1, 0.15) is 0 Å². The Bertz CT molecular complexity index is 1010. The van der Waals surface area contributed by atoms with Crippen LogP contribution < -0.4 is 5.32 Å². The maximum absolute atomic E-state index is 12.5. The van der Waals surface area contributed by atoms with E-state index in [2.05, 4.69) is 31.3 Å². The van der Waals surface area contributed by atoms with Crippen molar-refractivity contribution in [1.29, 1.82) is 0 Å². The van der Waals surface area contributed by atoms with Crippen LogP contribution in [0.3, 0.4) is 0 Å². The largest absolute Gasteiger partial charge is 0.466 e. The Morgan fingerprint density at radius 2 is 0.723 bits per heavy atom. The third-order valence-corrected chi connectivity index (χ3v) is 13.5. The zero-order valence-electron chi connectivity index (χ0n) is 43.7. The first kappa shape index (κ1) is 63.3. The Kier molecular flexibility index (Phi) is 53.5. The summed E-state index contributed by atoms with van der Waals surface area (Å²) in [7, 11) is 0. The Hall–Kier alpha value is -1.66. The average molecular weight is 917 g/mol. The average Bonchev–Trinajstić information content (AvgIpc) is 3.31.